The van der Waals surface area contributed by atoms with E-state index >= 15 is 0 Å². The number of ether oxygens (including phenoxy) is 1. The number of para-hydroxylation sites is 2. The molecule has 0 bridgehead atoms. The number of nitrogens with zero attached hydrogens (tertiary/aromatic N) is 1. The smallest absolute Gasteiger partial charge is 0.257 e. The average molecular weight is 352 g/mol. The van der Waals surface area contributed by atoms with Gasteiger partial charge >= 0.3 is 0 Å². The van der Waals surface area contributed by atoms with Gasteiger partial charge in [-0.15, -0.1) is 0 Å². The Bertz CT molecular complexity index is 744. The number of carbonyl (C=O) groups is 1. The molecule has 2 aromatic carbocycles. The van der Waals surface area contributed by atoms with Gasteiger partial charge in [0.25, 0.3) is 5.91 Å². The predicted molar refractivity (Wildman–Crippen MR) is 106 cm³/mol. The lowest BCUT2D eigenvalue weighted by atomic mass is 10.0. The summed E-state index contributed by atoms with van der Waals surface area (Å²) in [7, 11) is 1.83. The van der Waals surface area contributed by atoms with Crippen LogP contribution in [0.5, 0.6) is 5.75 Å². The molecule has 4 nitrogen and oxygen atoms in total. The van der Waals surface area contributed by atoms with Crippen LogP contribution in [0.1, 0.15) is 61.1 Å². The first-order valence-electron chi connectivity index (χ1n) is 9.57. The van der Waals surface area contributed by atoms with Crippen LogP contribution in [-0.2, 0) is 0 Å². The van der Waals surface area contributed by atoms with E-state index in [4.69, 9.17) is 4.74 Å². The monoisotopic (exact) mass is 352 g/mol. The molecule has 1 amide bonds. The van der Waals surface area contributed by atoms with Gasteiger partial charge in [0.15, 0.2) is 0 Å². The van der Waals surface area contributed by atoms with Crippen LogP contribution in [-0.4, -0.2) is 24.5 Å². The first kappa shape index (κ1) is 18.3. The minimum Gasteiger partial charge on any atom is -0.493 e. The van der Waals surface area contributed by atoms with Gasteiger partial charge in [-0.2, -0.15) is 0 Å². The van der Waals surface area contributed by atoms with Gasteiger partial charge in [0.1, 0.15) is 11.9 Å². The lowest BCUT2D eigenvalue weighted by molar-refractivity contribution is 0.0733. The Labute approximate surface area is 156 Å². The topological polar surface area (TPSA) is 41.6 Å². The number of unbranched alkanes of at least 4 members (excludes halogenated alkanes) is 4. The van der Waals surface area contributed by atoms with Crippen LogP contribution >= 0.6 is 0 Å². The highest BCUT2D eigenvalue weighted by Gasteiger charge is 2.31. The maximum absolute atomic E-state index is 12.7. The number of benzene rings is 2. The molecule has 1 atom stereocenters. The molecule has 0 saturated heterocycles. The molecule has 0 fully saturated rings. The summed E-state index contributed by atoms with van der Waals surface area (Å²) in [5, 5.41) is 3.48. The molecule has 1 unspecified atom stereocenters. The van der Waals surface area contributed by atoms with E-state index in [1.54, 1.807) is 4.90 Å². The Hall–Kier alpha value is -2.49. The first-order valence-corrected chi connectivity index (χ1v) is 9.57. The van der Waals surface area contributed by atoms with Crippen molar-refractivity contribution in [1.29, 1.82) is 0 Å². The minimum atomic E-state index is -0.228. The van der Waals surface area contributed by atoms with Gasteiger partial charge in [-0.25, -0.2) is 0 Å². The third kappa shape index (κ3) is 4.01. The fourth-order valence-electron chi connectivity index (χ4n) is 3.36. The molecule has 138 valence electrons. The molecule has 1 heterocycles. The normalized spacial score (nSPS) is 16.2. The van der Waals surface area contributed by atoms with Crippen LogP contribution < -0.4 is 10.1 Å². The Balaban J connectivity index is 1.72. The summed E-state index contributed by atoms with van der Waals surface area (Å²) in [5.74, 6) is 0.873. The molecule has 3 rings (SSSR count). The van der Waals surface area contributed by atoms with Crippen molar-refractivity contribution in [2.75, 3.05) is 19.0 Å². The molecule has 0 radical (unpaired) electrons. The molecule has 26 heavy (non-hydrogen) atoms. The number of amides is 1. The predicted octanol–water partition coefficient (Wildman–Crippen LogP) is 5.23. The average Bonchev–Trinajstić information content (AvgIpc) is 2.68. The maximum atomic E-state index is 12.7. The van der Waals surface area contributed by atoms with E-state index < -0.39 is 0 Å². The molecule has 1 aliphatic rings. The Morgan fingerprint density at radius 1 is 1.00 bits per heavy atom. The Morgan fingerprint density at radius 3 is 2.58 bits per heavy atom. The quantitative estimate of drug-likeness (QED) is 0.661. The van der Waals surface area contributed by atoms with E-state index in [2.05, 4.69) is 12.2 Å². The highest BCUT2D eigenvalue weighted by atomic mass is 16.5. The van der Waals surface area contributed by atoms with Crippen molar-refractivity contribution in [2.45, 2.75) is 45.2 Å². The lowest BCUT2D eigenvalue weighted by Crippen LogP contribution is -2.40. The van der Waals surface area contributed by atoms with Crippen molar-refractivity contribution in [3.8, 4) is 5.75 Å². The van der Waals surface area contributed by atoms with Crippen LogP contribution in [0.25, 0.3) is 0 Å². The number of hydrogen-bond acceptors (Lipinski definition) is 3. The molecule has 1 aliphatic heterocycles. The summed E-state index contributed by atoms with van der Waals surface area (Å²) in [4.78, 5) is 14.5. The standard InChI is InChI=1S/C22H28N2O2/c1-3-4-5-6-11-16-26-20-15-10-8-13-18(20)21-23-19-14-9-7-12-17(19)22(25)24(21)2/h7-10,12-15,21,23H,3-6,11,16H2,1-2H3. The maximum Gasteiger partial charge on any atom is 0.257 e. The van der Waals surface area contributed by atoms with E-state index in [0.717, 1.165) is 23.4 Å². The summed E-state index contributed by atoms with van der Waals surface area (Å²) in [5.41, 5.74) is 2.57. The number of anilines is 1. The zero-order valence-corrected chi connectivity index (χ0v) is 15.7. The second-order valence-corrected chi connectivity index (χ2v) is 6.81. The van der Waals surface area contributed by atoms with Crippen molar-refractivity contribution in [2.24, 2.45) is 0 Å². The van der Waals surface area contributed by atoms with Crippen LogP contribution in [0.2, 0.25) is 0 Å². The third-order valence-corrected chi connectivity index (χ3v) is 4.88. The second kappa shape index (κ2) is 8.75. The fraction of sp³-hybridized carbons (Fsp3) is 0.409. The largest absolute Gasteiger partial charge is 0.493 e. The Morgan fingerprint density at radius 2 is 1.73 bits per heavy atom. The zero-order chi connectivity index (χ0) is 18.4. The van der Waals surface area contributed by atoms with Crippen molar-refractivity contribution in [1.82, 2.24) is 4.90 Å². The number of nitrogens with one attached hydrogen (secondary N) is 1. The Kier molecular flexibility index (Phi) is 6.16. The van der Waals surface area contributed by atoms with Gasteiger partial charge in [-0.05, 0) is 24.6 Å². The molecule has 0 spiro atoms. The van der Waals surface area contributed by atoms with E-state index in [1.807, 2.05) is 55.6 Å². The van der Waals surface area contributed by atoms with Gasteiger partial charge in [0.2, 0.25) is 0 Å². The van der Waals surface area contributed by atoms with Gasteiger partial charge in [0, 0.05) is 18.3 Å². The van der Waals surface area contributed by atoms with Gasteiger partial charge < -0.3 is 15.0 Å². The number of rotatable bonds is 8. The fourth-order valence-corrected chi connectivity index (χ4v) is 3.36. The highest BCUT2D eigenvalue weighted by molar-refractivity contribution is 6.01. The van der Waals surface area contributed by atoms with Crippen molar-refractivity contribution in [3.63, 3.8) is 0 Å². The summed E-state index contributed by atoms with van der Waals surface area (Å²) in [6, 6.07) is 15.6. The van der Waals surface area contributed by atoms with Crippen molar-refractivity contribution < 1.29 is 9.53 Å². The number of carbonyl (C=O) groups excluding carboxylic acids is 1. The summed E-state index contributed by atoms with van der Waals surface area (Å²) < 4.78 is 6.06. The van der Waals surface area contributed by atoms with Crippen LogP contribution in [0, 0.1) is 0 Å². The van der Waals surface area contributed by atoms with Gasteiger partial charge in [-0.3, -0.25) is 4.79 Å². The first-order chi connectivity index (χ1) is 12.7. The molecule has 1 N–H and O–H groups in total. The van der Waals surface area contributed by atoms with E-state index in [1.165, 1.54) is 25.7 Å². The van der Waals surface area contributed by atoms with E-state index in [0.29, 0.717) is 12.2 Å². The lowest BCUT2D eigenvalue weighted by Gasteiger charge is -2.36. The molecule has 0 aliphatic carbocycles. The SMILES string of the molecule is CCCCCCCOc1ccccc1C1Nc2ccccc2C(=O)N1C. The zero-order valence-electron chi connectivity index (χ0n) is 15.7. The number of fused-ring (bicyclic) bond motifs is 1. The summed E-state index contributed by atoms with van der Waals surface area (Å²) in [6.07, 6.45) is 5.83. The van der Waals surface area contributed by atoms with Crippen LogP contribution in [0.3, 0.4) is 0 Å². The van der Waals surface area contributed by atoms with E-state index in [-0.39, 0.29) is 12.1 Å². The van der Waals surface area contributed by atoms with Gasteiger partial charge in [-0.1, -0.05) is 62.9 Å². The van der Waals surface area contributed by atoms with E-state index in [9.17, 15) is 4.79 Å². The molecule has 0 aromatic heterocycles. The number of hydrogen-bond donors (Lipinski definition) is 1. The molecular weight excluding hydrogens is 324 g/mol. The minimum absolute atomic E-state index is 0.0266. The van der Waals surface area contributed by atoms with Crippen molar-refractivity contribution in [3.05, 3.63) is 59.7 Å². The molecule has 4 heteroatoms. The molecule has 0 saturated carbocycles. The van der Waals surface area contributed by atoms with Crippen molar-refractivity contribution >= 4 is 11.6 Å². The highest BCUT2D eigenvalue weighted by Crippen LogP contribution is 2.35. The van der Waals surface area contributed by atoms with Crippen LogP contribution in [0.4, 0.5) is 5.69 Å². The second-order valence-electron chi connectivity index (χ2n) is 6.81. The van der Waals surface area contributed by atoms with Gasteiger partial charge in [0.05, 0.1) is 12.2 Å². The molecular formula is C22H28N2O2. The molecule has 2 aromatic rings. The van der Waals surface area contributed by atoms with Crippen LogP contribution in [0.15, 0.2) is 48.5 Å². The third-order valence-electron chi connectivity index (χ3n) is 4.88. The summed E-state index contributed by atoms with van der Waals surface area (Å²) >= 11 is 0. The summed E-state index contributed by atoms with van der Waals surface area (Å²) in [6.45, 7) is 2.93.